The van der Waals surface area contributed by atoms with Gasteiger partial charge >= 0.3 is 5.97 Å². The summed E-state index contributed by atoms with van der Waals surface area (Å²) in [5.74, 6) is -3.16. The molecule has 0 unspecified atom stereocenters. The average Bonchev–Trinajstić information content (AvgIpc) is 2.92. The van der Waals surface area contributed by atoms with Crippen LogP contribution in [0.1, 0.15) is 38.2 Å². The zero-order valence-corrected chi connectivity index (χ0v) is 12.9. The van der Waals surface area contributed by atoms with E-state index >= 15 is 0 Å². The number of carboxylic acids is 1. The van der Waals surface area contributed by atoms with Gasteiger partial charge in [-0.15, -0.1) is 0 Å². The number of carbonyl (C=O) groups excluding carboxylic acids is 1. The van der Waals surface area contributed by atoms with E-state index in [1.807, 2.05) is 6.92 Å². The third-order valence-electron chi connectivity index (χ3n) is 3.99. The van der Waals surface area contributed by atoms with E-state index in [9.17, 15) is 18.4 Å². The predicted molar refractivity (Wildman–Crippen MR) is 80.6 cm³/mol. The van der Waals surface area contributed by atoms with Crippen molar-refractivity contribution in [2.75, 3.05) is 6.54 Å². The van der Waals surface area contributed by atoms with Crippen LogP contribution in [0.3, 0.4) is 0 Å². The summed E-state index contributed by atoms with van der Waals surface area (Å²) in [5.41, 5.74) is 2.15. The van der Waals surface area contributed by atoms with Gasteiger partial charge in [0, 0.05) is 18.7 Å². The fraction of sp³-hybridized carbons (Fsp3) is 0.412. The summed E-state index contributed by atoms with van der Waals surface area (Å²) in [5, 5.41) is 8.85. The van der Waals surface area contributed by atoms with Crippen LogP contribution >= 0.6 is 0 Å². The Morgan fingerprint density at radius 3 is 2.52 bits per heavy atom. The van der Waals surface area contributed by atoms with E-state index in [4.69, 9.17) is 5.11 Å². The summed E-state index contributed by atoms with van der Waals surface area (Å²) in [4.78, 5) is 24.8. The number of amides is 1. The number of carbonyl (C=O) groups is 2. The fourth-order valence-corrected chi connectivity index (χ4v) is 2.72. The molecule has 0 saturated carbocycles. The van der Waals surface area contributed by atoms with Gasteiger partial charge in [-0.25, -0.2) is 8.78 Å². The van der Waals surface area contributed by atoms with Crippen molar-refractivity contribution in [2.24, 2.45) is 0 Å². The van der Waals surface area contributed by atoms with Crippen molar-refractivity contribution in [1.82, 2.24) is 4.90 Å². The number of benzene rings is 1. The summed E-state index contributed by atoms with van der Waals surface area (Å²) >= 11 is 0. The summed E-state index contributed by atoms with van der Waals surface area (Å²) in [6.07, 6.45) is 2.25. The van der Waals surface area contributed by atoms with E-state index in [2.05, 4.69) is 0 Å². The molecule has 1 aliphatic carbocycles. The highest BCUT2D eigenvalue weighted by Crippen LogP contribution is 2.27. The number of carboxylic acid groups (broad SMARTS) is 1. The number of halogens is 2. The summed E-state index contributed by atoms with van der Waals surface area (Å²) in [6.45, 7) is 1.98. The number of hydrogen-bond donors (Lipinski definition) is 1. The molecule has 0 aromatic heterocycles. The van der Waals surface area contributed by atoms with Crippen molar-refractivity contribution >= 4 is 11.9 Å². The largest absolute Gasteiger partial charge is 0.481 e. The molecule has 0 heterocycles. The number of nitrogens with zero attached hydrogens (tertiary/aromatic N) is 1. The van der Waals surface area contributed by atoms with Crippen molar-refractivity contribution < 1.29 is 23.5 Å². The zero-order valence-electron chi connectivity index (χ0n) is 12.9. The van der Waals surface area contributed by atoms with Crippen LogP contribution in [0.15, 0.2) is 29.3 Å². The number of rotatable bonds is 6. The first kappa shape index (κ1) is 17.1. The van der Waals surface area contributed by atoms with E-state index in [-0.39, 0.29) is 25.4 Å². The molecule has 6 heteroatoms. The van der Waals surface area contributed by atoms with Gasteiger partial charge in [0.1, 0.15) is 0 Å². The molecule has 1 amide bonds. The second-order valence-corrected chi connectivity index (χ2v) is 5.73. The molecule has 0 atom stereocenters. The molecule has 1 aromatic carbocycles. The molecule has 0 saturated heterocycles. The number of hydrogen-bond acceptors (Lipinski definition) is 2. The molecule has 0 aliphatic heterocycles. The molecule has 4 nitrogen and oxygen atoms in total. The second-order valence-electron chi connectivity index (χ2n) is 5.73. The summed E-state index contributed by atoms with van der Waals surface area (Å²) < 4.78 is 26.3. The average molecular weight is 323 g/mol. The molecule has 2 rings (SSSR count). The maximum Gasteiger partial charge on any atom is 0.305 e. The third kappa shape index (κ3) is 4.37. The van der Waals surface area contributed by atoms with Gasteiger partial charge in [0.15, 0.2) is 11.6 Å². The van der Waals surface area contributed by atoms with Gasteiger partial charge in [-0.3, -0.25) is 9.59 Å². The van der Waals surface area contributed by atoms with Crippen molar-refractivity contribution in [1.29, 1.82) is 0 Å². The highest BCUT2D eigenvalue weighted by molar-refractivity contribution is 5.94. The van der Waals surface area contributed by atoms with E-state index in [0.29, 0.717) is 17.6 Å². The molecule has 1 N–H and O–H groups in total. The van der Waals surface area contributed by atoms with Gasteiger partial charge in [0.05, 0.1) is 6.42 Å². The quantitative estimate of drug-likeness (QED) is 0.874. The monoisotopic (exact) mass is 323 g/mol. The van der Waals surface area contributed by atoms with Crippen LogP contribution in [0, 0.1) is 11.6 Å². The second kappa shape index (κ2) is 7.35. The van der Waals surface area contributed by atoms with E-state index in [0.717, 1.165) is 30.5 Å². The molecular formula is C17H19F2NO3. The SMILES string of the molecule is CC1=C(C(=O)N(CCC(=O)O)Cc2ccc(F)c(F)c2)CCC1. The van der Waals surface area contributed by atoms with Crippen molar-refractivity contribution in [2.45, 2.75) is 39.2 Å². The minimum Gasteiger partial charge on any atom is -0.481 e. The molecule has 0 fully saturated rings. The predicted octanol–water partition coefficient (Wildman–Crippen LogP) is 3.27. The Labute approximate surface area is 133 Å². The lowest BCUT2D eigenvalue weighted by Crippen LogP contribution is -2.33. The normalized spacial score (nSPS) is 14.2. The van der Waals surface area contributed by atoms with Gasteiger partial charge in [-0.2, -0.15) is 0 Å². The molecular weight excluding hydrogens is 304 g/mol. The van der Waals surface area contributed by atoms with Crippen LogP contribution in [0.4, 0.5) is 8.78 Å². The molecule has 1 aromatic rings. The molecule has 0 spiro atoms. The van der Waals surface area contributed by atoms with Crippen molar-refractivity contribution in [3.63, 3.8) is 0 Å². The molecule has 23 heavy (non-hydrogen) atoms. The first-order valence-electron chi connectivity index (χ1n) is 7.52. The van der Waals surface area contributed by atoms with Crippen LogP contribution in [0.5, 0.6) is 0 Å². The Morgan fingerprint density at radius 2 is 1.96 bits per heavy atom. The first-order valence-corrected chi connectivity index (χ1v) is 7.52. The highest BCUT2D eigenvalue weighted by Gasteiger charge is 2.24. The Balaban J connectivity index is 2.19. The smallest absolute Gasteiger partial charge is 0.305 e. The minimum absolute atomic E-state index is 0.0317. The van der Waals surface area contributed by atoms with Crippen LogP contribution in [0.2, 0.25) is 0 Å². The van der Waals surface area contributed by atoms with Gasteiger partial charge in [-0.1, -0.05) is 11.6 Å². The Hall–Kier alpha value is -2.24. The van der Waals surface area contributed by atoms with Gasteiger partial charge in [0.2, 0.25) is 5.91 Å². The van der Waals surface area contributed by atoms with Crippen LogP contribution in [-0.2, 0) is 16.1 Å². The standard InChI is InChI=1S/C17H19F2NO3/c1-11-3-2-4-13(11)17(23)20(8-7-16(21)22)10-12-5-6-14(18)15(19)9-12/h5-6,9H,2-4,7-8,10H2,1H3,(H,21,22). The molecule has 0 radical (unpaired) electrons. The Bertz CT molecular complexity index is 655. The maximum atomic E-state index is 13.3. The van der Waals surface area contributed by atoms with E-state index in [1.165, 1.54) is 11.0 Å². The van der Waals surface area contributed by atoms with E-state index in [1.54, 1.807) is 0 Å². The Morgan fingerprint density at radius 1 is 1.22 bits per heavy atom. The van der Waals surface area contributed by atoms with Crippen LogP contribution in [-0.4, -0.2) is 28.4 Å². The number of allylic oxidation sites excluding steroid dienone is 1. The zero-order chi connectivity index (χ0) is 17.0. The molecule has 1 aliphatic rings. The third-order valence-corrected chi connectivity index (χ3v) is 3.99. The number of aliphatic carboxylic acids is 1. The lowest BCUT2D eigenvalue weighted by Gasteiger charge is -2.23. The van der Waals surface area contributed by atoms with Gasteiger partial charge < -0.3 is 10.0 Å². The Kier molecular flexibility index (Phi) is 5.47. The fourth-order valence-electron chi connectivity index (χ4n) is 2.72. The lowest BCUT2D eigenvalue weighted by molar-refractivity contribution is -0.138. The van der Waals surface area contributed by atoms with Crippen molar-refractivity contribution in [3.05, 3.63) is 46.5 Å². The topological polar surface area (TPSA) is 57.6 Å². The first-order chi connectivity index (χ1) is 10.9. The minimum atomic E-state index is -1.01. The molecule has 0 bridgehead atoms. The summed E-state index contributed by atoms with van der Waals surface area (Å²) in [7, 11) is 0. The van der Waals surface area contributed by atoms with Gasteiger partial charge in [-0.05, 0) is 43.9 Å². The molecule has 124 valence electrons. The van der Waals surface area contributed by atoms with Crippen LogP contribution in [0.25, 0.3) is 0 Å². The van der Waals surface area contributed by atoms with Crippen molar-refractivity contribution in [3.8, 4) is 0 Å². The van der Waals surface area contributed by atoms with Crippen LogP contribution < -0.4 is 0 Å². The van der Waals surface area contributed by atoms with E-state index < -0.39 is 17.6 Å². The highest BCUT2D eigenvalue weighted by atomic mass is 19.2. The lowest BCUT2D eigenvalue weighted by atomic mass is 10.1. The maximum absolute atomic E-state index is 13.3. The summed E-state index contributed by atoms with van der Waals surface area (Å²) in [6, 6.07) is 3.44. The van der Waals surface area contributed by atoms with Gasteiger partial charge in [0.25, 0.3) is 0 Å².